The van der Waals surface area contributed by atoms with Crippen LogP contribution in [0.2, 0.25) is 5.02 Å². The molecule has 0 aliphatic rings. The lowest BCUT2D eigenvalue weighted by atomic mass is 10.1. The lowest BCUT2D eigenvalue weighted by molar-refractivity contribution is 0.373. The van der Waals surface area contributed by atoms with Crippen LogP contribution in [0.5, 0.6) is 11.5 Å². The number of halogens is 1. The first kappa shape index (κ1) is 10.9. The first-order valence-electron chi connectivity index (χ1n) is 4.04. The molecule has 0 unspecified atom stereocenters. The minimum absolute atomic E-state index is 0.0748. The van der Waals surface area contributed by atoms with Crippen molar-refractivity contribution in [3.05, 3.63) is 35.4 Å². The summed E-state index contributed by atoms with van der Waals surface area (Å²) in [6, 6.07) is 2.90. The van der Waals surface area contributed by atoms with Gasteiger partial charge >= 0.3 is 0 Å². The standard InChI is InChI=1S/C10H12ClNO2/c1-3-8(12)6-4-7(11)10(13)9(5-6)14-2/h3-5,8,13H,1,12H2,2H3/t8-/m0/s1. The molecular weight excluding hydrogens is 202 g/mol. The van der Waals surface area contributed by atoms with Crippen molar-refractivity contribution in [1.29, 1.82) is 0 Å². The third-order valence-electron chi connectivity index (χ3n) is 1.91. The number of phenolic OH excluding ortho intramolecular Hbond substituents is 1. The SMILES string of the molecule is C=C[C@H](N)c1cc(Cl)c(O)c(OC)c1. The summed E-state index contributed by atoms with van der Waals surface area (Å²) < 4.78 is 4.94. The summed E-state index contributed by atoms with van der Waals surface area (Å²) in [7, 11) is 1.45. The van der Waals surface area contributed by atoms with Crippen molar-refractivity contribution in [2.45, 2.75) is 6.04 Å². The van der Waals surface area contributed by atoms with Crippen molar-refractivity contribution in [2.24, 2.45) is 5.73 Å². The molecule has 4 heteroatoms. The first-order valence-corrected chi connectivity index (χ1v) is 4.42. The minimum Gasteiger partial charge on any atom is -0.503 e. The van der Waals surface area contributed by atoms with Crippen molar-refractivity contribution in [1.82, 2.24) is 0 Å². The van der Waals surface area contributed by atoms with E-state index in [1.54, 1.807) is 18.2 Å². The summed E-state index contributed by atoms with van der Waals surface area (Å²) >= 11 is 5.78. The fourth-order valence-corrected chi connectivity index (χ4v) is 1.30. The van der Waals surface area contributed by atoms with Crippen LogP contribution < -0.4 is 10.5 Å². The van der Waals surface area contributed by atoms with Crippen molar-refractivity contribution in [3.8, 4) is 11.5 Å². The van der Waals surface area contributed by atoms with Gasteiger partial charge in [0.1, 0.15) is 0 Å². The predicted molar refractivity (Wildman–Crippen MR) is 56.8 cm³/mol. The van der Waals surface area contributed by atoms with Crippen molar-refractivity contribution < 1.29 is 9.84 Å². The quantitative estimate of drug-likeness (QED) is 0.758. The molecule has 0 fully saturated rings. The van der Waals surface area contributed by atoms with Gasteiger partial charge in [-0.1, -0.05) is 17.7 Å². The average Bonchev–Trinajstić information content (AvgIpc) is 2.20. The molecule has 0 amide bonds. The van der Waals surface area contributed by atoms with Gasteiger partial charge < -0.3 is 15.6 Å². The number of ether oxygens (including phenoxy) is 1. The summed E-state index contributed by atoms with van der Waals surface area (Å²) in [6.45, 7) is 3.57. The van der Waals surface area contributed by atoms with Crippen molar-refractivity contribution in [3.63, 3.8) is 0 Å². The van der Waals surface area contributed by atoms with E-state index in [0.717, 1.165) is 5.56 Å². The van der Waals surface area contributed by atoms with Gasteiger partial charge in [0.15, 0.2) is 11.5 Å². The molecule has 0 aliphatic heterocycles. The molecule has 0 spiro atoms. The van der Waals surface area contributed by atoms with E-state index in [9.17, 15) is 5.11 Å². The van der Waals surface area contributed by atoms with Gasteiger partial charge in [-0.25, -0.2) is 0 Å². The fourth-order valence-electron chi connectivity index (χ4n) is 1.08. The fraction of sp³-hybridized carbons (Fsp3) is 0.200. The zero-order chi connectivity index (χ0) is 10.7. The van der Waals surface area contributed by atoms with E-state index in [1.807, 2.05) is 0 Å². The van der Waals surface area contributed by atoms with Gasteiger partial charge in [-0.2, -0.15) is 0 Å². The highest BCUT2D eigenvalue weighted by Crippen LogP contribution is 2.36. The van der Waals surface area contributed by atoms with E-state index in [-0.39, 0.29) is 16.8 Å². The van der Waals surface area contributed by atoms with E-state index >= 15 is 0 Å². The molecule has 1 aromatic carbocycles. The first-order chi connectivity index (χ1) is 6.60. The number of rotatable bonds is 3. The van der Waals surface area contributed by atoms with Crippen LogP contribution in [0, 0.1) is 0 Å². The summed E-state index contributed by atoms with van der Waals surface area (Å²) in [6.07, 6.45) is 1.59. The lowest BCUT2D eigenvalue weighted by Crippen LogP contribution is -2.06. The number of hydrogen-bond donors (Lipinski definition) is 2. The van der Waals surface area contributed by atoms with Gasteiger partial charge in [0.25, 0.3) is 0 Å². The molecule has 0 saturated carbocycles. The van der Waals surface area contributed by atoms with Crippen LogP contribution in [-0.2, 0) is 0 Å². The summed E-state index contributed by atoms with van der Waals surface area (Å²) in [5, 5.41) is 9.67. The van der Waals surface area contributed by atoms with Crippen LogP contribution in [0.4, 0.5) is 0 Å². The van der Waals surface area contributed by atoms with Crippen LogP contribution in [0.3, 0.4) is 0 Å². The molecule has 14 heavy (non-hydrogen) atoms. The minimum atomic E-state index is -0.318. The maximum atomic E-state index is 9.45. The third-order valence-corrected chi connectivity index (χ3v) is 2.20. The third kappa shape index (κ3) is 2.00. The number of nitrogens with two attached hydrogens (primary N) is 1. The molecule has 1 aromatic rings. The Balaban J connectivity index is 3.22. The Labute approximate surface area is 87.8 Å². The topological polar surface area (TPSA) is 55.5 Å². The van der Waals surface area contributed by atoms with Crippen molar-refractivity contribution in [2.75, 3.05) is 7.11 Å². The van der Waals surface area contributed by atoms with E-state index in [2.05, 4.69) is 6.58 Å². The van der Waals surface area contributed by atoms with Gasteiger partial charge in [-0.3, -0.25) is 0 Å². The molecule has 0 bridgehead atoms. The smallest absolute Gasteiger partial charge is 0.176 e. The Hall–Kier alpha value is -1.19. The van der Waals surface area contributed by atoms with Gasteiger partial charge in [0.05, 0.1) is 12.1 Å². The molecular formula is C10H12ClNO2. The molecule has 0 radical (unpaired) electrons. The maximum Gasteiger partial charge on any atom is 0.176 e. The van der Waals surface area contributed by atoms with E-state index in [1.165, 1.54) is 7.11 Å². The predicted octanol–water partition coefficient (Wildman–Crippen LogP) is 2.24. The summed E-state index contributed by atoms with van der Waals surface area (Å²) in [5.74, 6) is 0.235. The largest absolute Gasteiger partial charge is 0.503 e. The molecule has 1 atom stereocenters. The zero-order valence-electron chi connectivity index (χ0n) is 7.83. The van der Waals surface area contributed by atoms with E-state index in [4.69, 9.17) is 22.1 Å². The molecule has 0 saturated heterocycles. The second-order valence-electron chi connectivity index (χ2n) is 2.82. The Morgan fingerprint density at radius 2 is 2.29 bits per heavy atom. The molecule has 3 N–H and O–H groups in total. The number of benzene rings is 1. The second-order valence-corrected chi connectivity index (χ2v) is 3.22. The number of phenols is 1. The zero-order valence-corrected chi connectivity index (χ0v) is 8.58. The van der Waals surface area contributed by atoms with E-state index < -0.39 is 0 Å². The van der Waals surface area contributed by atoms with Crippen molar-refractivity contribution >= 4 is 11.6 Å². The average molecular weight is 214 g/mol. The lowest BCUT2D eigenvalue weighted by Gasteiger charge is -2.11. The van der Waals surface area contributed by atoms with Gasteiger partial charge in [-0.15, -0.1) is 6.58 Å². The molecule has 76 valence electrons. The number of methoxy groups -OCH3 is 1. The van der Waals surface area contributed by atoms with Crippen LogP contribution in [0.25, 0.3) is 0 Å². The number of hydrogen-bond acceptors (Lipinski definition) is 3. The summed E-state index contributed by atoms with van der Waals surface area (Å²) in [5.41, 5.74) is 6.47. The van der Waals surface area contributed by atoms with E-state index in [0.29, 0.717) is 5.75 Å². The summed E-state index contributed by atoms with van der Waals surface area (Å²) in [4.78, 5) is 0. The normalized spacial score (nSPS) is 12.2. The molecule has 1 rings (SSSR count). The van der Waals surface area contributed by atoms with Gasteiger partial charge in [0.2, 0.25) is 0 Å². The van der Waals surface area contributed by atoms with Crippen LogP contribution in [0.1, 0.15) is 11.6 Å². The van der Waals surface area contributed by atoms with Crippen LogP contribution in [-0.4, -0.2) is 12.2 Å². The Morgan fingerprint density at radius 3 is 2.79 bits per heavy atom. The second kappa shape index (κ2) is 4.35. The molecule has 0 heterocycles. The highest BCUT2D eigenvalue weighted by atomic mass is 35.5. The van der Waals surface area contributed by atoms with Gasteiger partial charge in [-0.05, 0) is 17.7 Å². The number of aromatic hydroxyl groups is 1. The molecule has 0 aliphatic carbocycles. The van der Waals surface area contributed by atoms with Crippen LogP contribution >= 0.6 is 11.6 Å². The Kier molecular flexibility index (Phi) is 3.38. The highest BCUT2D eigenvalue weighted by Gasteiger charge is 2.11. The highest BCUT2D eigenvalue weighted by molar-refractivity contribution is 6.32. The Morgan fingerprint density at radius 1 is 1.64 bits per heavy atom. The van der Waals surface area contributed by atoms with Gasteiger partial charge in [0, 0.05) is 6.04 Å². The monoisotopic (exact) mass is 213 g/mol. The maximum absolute atomic E-state index is 9.45. The molecule has 0 aromatic heterocycles. The Bertz CT molecular complexity index is 352. The van der Waals surface area contributed by atoms with Crippen LogP contribution in [0.15, 0.2) is 24.8 Å². The molecule has 3 nitrogen and oxygen atoms in total.